The fourth-order valence-electron chi connectivity index (χ4n) is 4.30. The highest BCUT2D eigenvalue weighted by molar-refractivity contribution is 4.68. The summed E-state index contributed by atoms with van der Waals surface area (Å²) in [5, 5.41) is 0. The first kappa shape index (κ1) is 19.2. The van der Waals surface area contributed by atoms with E-state index in [4.69, 9.17) is 0 Å². The van der Waals surface area contributed by atoms with Crippen molar-refractivity contribution in [2.45, 2.75) is 96.3 Å². The molecule has 0 spiro atoms. The maximum Gasteiger partial charge on any atom is -0.000655 e. The van der Waals surface area contributed by atoms with Crippen LogP contribution in [0.1, 0.15) is 96.3 Å². The number of hydrogen-bond acceptors (Lipinski definition) is 2. The van der Waals surface area contributed by atoms with Gasteiger partial charge in [-0.2, -0.15) is 0 Å². The van der Waals surface area contributed by atoms with Gasteiger partial charge in [0, 0.05) is 0 Å². The van der Waals surface area contributed by atoms with Gasteiger partial charge in [0.2, 0.25) is 0 Å². The van der Waals surface area contributed by atoms with Crippen LogP contribution in [0.3, 0.4) is 0 Å². The number of rotatable bonds is 0. The number of hydrogen-bond donors (Lipinski definition) is 0. The Labute approximate surface area is 146 Å². The lowest BCUT2D eigenvalue weighted by Gasteiger charge is -2.29. The van der Waals surface area contributed by atoms with Crippen LogP contribution in [0.5, 0.6) is 0 Å². The monoisotopic (exact) mass is 322 g/mol. The Morgan fingerprint density at radius 3 is 0.739 bits per heavy atom. The quantitative estimate of drug-likeness (QED) is 0.583. The third kappa shape index (κ3) is 9.72. The molecule has 2 heterocycles. The number of fused-ring (bicyclic) bond motifs is 4. The second-order valence-corrected chi connectivity index (χ2v) is 7.99. The van der Waals surface area contributed by atoms with Crippen LogP contribution in [-0.4, -0.2) is 49.1 Å². The molecule has 2 bridgehead atoms. The van der Waals surface area contributed by atoms with Gasteiger partial charge in [-0.25, -0.2) is 0 Å². The molecule has 2 nitrogen and oxygen atoms in total. The molecular formula is C21H42N2. The van der Waals surface area contributed by atoms with Gasteiger partial charge in [-0.05, 0) is 71.4 Å². The third-order valence-corrected chi connectivity index (χ3v) is 5.85. The highest BCUT2D eigenvalue weighted by atomic mass is 15.1. The molecule has 0 aromatic carbocycles. The van der Waals surface area contributed by atoms with Gasteiger partial charge in [0.25, 0.3) is 0 Å². The Hall–Kier alpha value is -0.0800. The van der Waals surface area contributed by atoms with E-state index >= 15 is 0 Å². The highest BCUT2D eigenvalue weighted by Gasteiger charge is 2.12. The van der Waals surface area contributed by atoms with Crippen LogP contribution in [0, 0.1) is 0 Å². The van der Waals surface area contributed by atoms with E-state index < -0.39 is 0 Å². The van der Waals surface area contributed by atoms with Gasteiger partial charge < -0.3 is 9.80 Å². The molecule has 3 aliphatic rings. The van der Waals surface area contributed by atoms with Crippen molar-refractivity contribution in [2.75, 3.05) is 39.3 Å². The predicted molar refractivity (Wildman–Crippen MR) is 102 cm³/mol. The fraction of sp³-hybridized carbons (Fsp3) is 1.00. The van der Waals surface area contributed by atoms with Gasteiger partial charge in [-0.3, -0.25) is 0 Å². The standard InChI is InChI=1S/C13H26N2.C8H16/c1-3-8-14-10-5-2-6-11-15(9-4-1)13-7-12-14;1-2-4-6-8-7-5-3-1/h1-13H2;1-8H2. The van der Waals surface area contributed by atoms with Crippen molar-refractivity contribution in [3.05, 3.63) is 0 Å². The van der Waals surface area contributed by atoms with Crippen LogP contribution in [0.4, 0.5) is 0 Å². The highest BCUT2D eigenvalue weighted by Crippen LogP contribution is 2.15. The van der Waals surface area contributed by atoms with Gasteiger partial charge in [-0.1, -0.05) is 64.2 Å². The molecule has 2 aliphatic heterocycles. The first-order valence-electron chi connectivity index (χ1n) is 10.9. The van der Waals surface area contributed by atoms with Gasteiger partial charge in [0.15, 0.2) is 0 Å². The molecule has 3 fully saturated rings. The Bertz CT molecular complexity index is 213. The second-order valence-electron chi connectivity index (χ2n) is 7.99. The lowest BCUT2D eigenvalue weighted by atomic mass is 10.0. The SMILES string of the molecule is C1CCCCCCC1.C1CCN2CCCCCN(CC1)CCC2. The lowest BCUT2D eigenvalue weighted by Crippen LogP contribution is -2.35. The molecule has 0 aromatic rings. The first-order valence-corrected chi connectivity index (χ1v) is 10.9. The van der Waals surface area contributed by atoms with Crippen molar-refractivity contribution in [1.29, 1.82) is 0 Å². The Morgan fingerprint density at radius 2 is 0.435 bits per heavy atom. The van der Waals surface area contributed by atoms with Crippen molar-refractivity contribution in [3.8, 4) is 0 Å². The third-order valence-electron chi connectivity index (χ3n) is 5.85. The van der Waals surface area contributed by atoms with Gasteiger partial charge >= 0.3 is 0 Å². The number of nitrogens with zero attached hydrogens (tertiary/aromatic N) is 2. The zero-order valence-corrected chi connectivity index (χ0v) is 15.7. The summed E-state index contributed by atoms with van der Waals surface area (Å²) in [6.07, 6.45) is 22.0. The van der Waals surface area contributed by atoms with Gasteiger partial charge in [0.05, 0.1) is 0 Å². The van der Waals surface area contributed by atoms with Crippen molar-refractivity contribution < 1.29 is 0 Å². The van der Waals surface area contributed by atoms with Crippen molar-refractivity contribution in [3.63, 3.8) is 0 Å². The maximum absolute atomic E-state index is 2.70. The summed E-state index contributed by atoms with van der Waals surface area (Å²) in [5.74, 6) is 0. The predicted octanol–water partition coefficient (Wildman–Crippen LogP) is 5.47. The molecule has 3 rings (SSSR count). The summed E-state index contributed by atoms with van der Waals surface area (Å²) in [5.41, 5.74) is 0. The average molecular weight is 323 g/mol. The molecule has 136 valence electrons. The molecule has 2 heteroatoms. The minimum absolute atomic E-state index is 1.34. The molecule has 1 aliphatic carbocycles. The van der Waals surface area contributed by atoms with Crippen LogP contribution in [0.15, 0.2) is 0 Å². The van der Waals surface area contributed by atoms with E-state index in [1.54, 1.807) is 0 Å². The summed E-state index contributed by atoms with van der Waals surface area (Å²) in [6, 6.07) is 0. The van der Waals surface area contributed by atoms with E-state index in [0.717, 1.165) is 0 Å². The first-order chi connectivity index (χ1) is 11.4. The van der Waals surface area contributed by atoms with E-state index in [9.17, 15) is 0 Å². The Morgan fingerprint density at radius 1 is 0.217 bits per heavy atom. The molecule has 0 unspecified atom stereocenters. The topological polar surface area (TPSA) is 6.48 Å². The van der Waals surface area contributed by atoms with E-state index in [2.05, 4.69) is 9.80 Å². The fourth-order valence-corrected chi connectivity index (χ4v) is 4.30. The molecule has 1 saturated carbocycles. The van der Waals surface area contributed by atoms with Crippen molar-refractivity contribution in [2.24, 2.45) is 0 Å². The van der Waals surface area contributed by atoms with E-state index in [1.165, 1.54) is 136 Å². The zero-order valence-electron chi connectivity index (χ0n) is 15.7. The Kier molecular flexibility index (Phi) is 11.1. The maximum atomic E-state index is 2.70. The van der Waals surface area contributed by atoms with Gasteiger partial charge in [0.1, 0.15) is 0 Å². The van der Waals surface area contributed by atoms with Crippen LogP contribution in [0.25, 0.3) is 0 Å². The van der Waals surface area contributed by atoms with Gasteiger partial charge in [-0.15, -0.1) is 0 Å². The Balaban J connectivity index is 0.000000203. The normalized spacial score (nSPS) is 31.3. The van der Waals surface area contributed by atoms with Crippen molar-refractivity contribution in [1.82, 2.24) is 9.80 Å². The second kappa shape index (κ2) is 13.2. The minimum atomic E-state index is 1.34. The van der Waals surface area contributed by atoms with Crippen LogP contribution in [-0.2, 0) is 0 Å². The van der Waals surface area contributed by atoms with Crippen LogP contribution in [0.2, 0.25) is 0 Å². The minimum Gasteiger partial charge on any atom is -0.303 e. The summed E-state index contributed by atoms with van der Waals surface area (Å²) in [4.78, 5) is 5.41. The summed E-state index contributed by atoms with van der Waals surface area (Å²) >= 11 is 0. The molecular weight excluding hydrogens is 280 g/mol. The lowest BCUT2D eigenvalue weighted by molar-refractivity contribution is 0.188. The molecule has 0 amide bonds. The summed E-state index contributed by atoms with van der Waals surface area (Å²) in [7, 11) is 0. The average Bonchev–Trinajstić information content (AvgIpc) is 2.53. The van der Waals surface area contributed by atoms with E-state index in [1.807, 2.05) is 0 Å². The largest absolute Gasteiger partial charge is 0.303 e. The van der Waals surface area contributed by atoms with Crippen molar-refractivity contribution >= 4 is 0 Å². The molecule has 0 aromatic heterocycles. The van der Waals surface area contributed by atoms with E-state index in [0.29, 0.717) is 0 Å². The van der Waals surface area contributed by atoms with E-state index in [-0.39, 0.29) is 0 Å². The zero-order chi connectivity index (χ0) is 16.0. The smallest absolute Gasteiger partial charge is 0.000655 e. The molecule has 0 atom stereocenters. The summed E-state index contributed by atoms with van der Waals surface area (Å²) < 4.78 is 0. The van der Waals surface area contributed by atoms with Crippen LogP contribution < -0.4 is 0 Å². The molecule has 0 radical (unpaired) electrons. The van der Waals surface area contributed by atoms with Crippen LogP contribution >= 0.6 is 0 Å². The molecule has 0 N–H and O–H groups in total. The molecule has 23 heavy (non-hydrogen) atoms. The summed E-state index contributed by atoms with van der Waals surface area (Å²) in [6.45, 7) is 8.13. The molecule has 2 saturated heterocycles.